The van der Waals surface area contributed by atoms with Crippen molar-refractivity contribution in [3.05, 3.63) is 70.3 Å². The summed E-state index contributed by atoms with van der Waals surface area (Å²) in [4.78, 5) is 11.6. The predicted octanol–water partition coefficient (Wildman–Crippen LogP) is 3.51. The lowest BCUT2D eigenvalue weighted by Crippen LogP contribution is -2.32. The van der Waals surface area contributed by atoms with Crippen LogP contribution < -0.4 is 4.72 Å². The number of rotatable bonds is 4. The van der Waals surface area contributed by atoms with Gasteiger partial charge in [0, 0.05) is 0 Å². The predicted molar refractivity (Wildman–Crippen MR) is 97.2 cm³/mol. The molecule has 158 valence electrons. The fourth-order valence-electron chi connectivity index (χ4n) is 2.51. The van der Waals surface area contributed by atoms with E-state index in [1.54, 1.807) is 4.72 Å². The maximum Gasteiger partial charge on any atom is 0.416 e. The summed E-state index contributed by atoms with van der Waals surface area (Å²) < 4.78 is 79.3. The average Bonchev–Trinajstić information content (AvgIpc) is 3.02. The van der Waals surface area contributed by atoms with E-state index in [0.29, 0.717) is 6.07 Å². The molecule has 1 N–H and O–H groups in total. The van der Waals surface area contributed by atoms with Crippen molar-refractivity contribution in [1.29, 1.82) is 0 Å². The van der Waals surface area contributed by atoms with Crippen LogP contribution in [0.3, 0.4) is 0 Å². The first-order chi connectivity index (χ1) is 13.9. The topological polar surface area (TPSA) is 93.9 Å². The molecule has 7 nitrogen and oxygen atoms in total. The van der Waals surface area contributed by atoms with E-state index in [1.807, 2.05) is 0 Å². The number of sulfonamides is 1. The van der Waals surface area contributed by atoms with Crippen molar-refractivity contribution in [2.75, 3.05) is 0 Å². The van der Waals surface area contributed by atoms with Gasteiger partial charge in [-0.3, -0.25) is 4.79 Å². The standard InChI is InChI=1S/C17H11ClF4N4O3S/c1-9-15(16(27)24-30(28,29)14-5-3-2-4-12(14)19)23-25-26(9)13-7-6-10(8-11(13)18)17(20,21)22/h2-8H,1H3,(H,24,27). The van der Waals surface area contributed by atoms with Crippen molar-refractivity contribution >= 4 is 27.5 Å². The van der Waals surface area contributed by atoms with E-state index in [-0.39, 0.29) is 16.4 Å². The first-order valence-corrected chi connectivity index (χ1v) is 9.89. The number of alkyl halides is 3. The molecule has 3 aromatic rings. The molecule has 1 heterocycles. The van der Waals surface area contributed by atoms with E-state index in [4.69, 9.17) is 11.6 Å². The Morgan fingerprint density at radius 1 is 1.17 bits per heavy atom. The number of amides is 1. The fourth-order valence-corrected chi connectivity index (χ4v) is 3.80. The molecule has 0 bridgehead atoms. The van der Waals surface area contributed by atoms with E-state index in [0.717, 1.165) is 28.9 Å². The minimum Gasteiger partial charge on any atom is -0.266 e. The first kappa shape index (κ1) is 21.7. The molecule has 0 fully saturated rings. The monoisotopic (exact) mass is 462 g/mol. The zero-order valence-corrected chi connectivity index (χ0v) is 16.5. The maximum atomic E-state index is 13.7. The highest BCUT2D eigenvalue weighted by Crippen LogP contribution is 2.33. The summed E-state index contributed by atoms with van der Waals surface area (Å²) in [5.41, 5.74) is -1.43. The highest BCUT2D eigenvalue weighted by molar-refractivity contribution is 7.90. The third kappa shape index (κ3) is 4.14. The molecule has 2 aromatic carbocycles. The molecule has 0 atom stereocenters. The minimum atomic E-state index is -4.61. The molecule has 0 aliphatic rings. The van der Waals surface area contributed by atoms with Gasteiger partial charge >= 0.3 is 6.18 Å². The van der Waals surface area contributed by atoms with Gasteiger partial charge in [0.2, 0.25) is 0 Å². The van der Waals surface area contributed by atoms with Gasteiger partial charge in [-0.05, 0) is 37.3 Å². The molecule has 1 amide bonds. The van der Waals surface area contributed by atoms with Gasteiger partial charge in [0.05, 0.1) is 22.0 Å². The Hall–Kier alpha value is -2.99. The van der Waals surface area contributed by atoms with Gasteiger partial charge in [-0.1, -0.05) is 28.9 Å². The lowest BCUT2D eigenvalue weighted by Gasteiger charge is -2.11. The lowest BCUT2D eigenvalue weighted by atomic mass is 10.2. The second-order valence-corrected chi connectivity index (χ2v) is 8.02. The summed E-state index contributed by atoms with van der Waals surface area (Å²) in [6.07, 6.45) is -4.61. The van der Waals surface area contributed by atoms with Crippen LogP contribution in [0.2, 0.25) is 5.02 Å². The summed E-state index contributed by atoms with van der Waals surface area (Å²) >= 11 is 5.91. The maximum absolute atomic E-state index is 13.7. The molecule has 0 aliphatic heterocycles. The van der Waals surface area contributed by atoms with Crippen molar-refractivity contribution < 1.29 is 30.8 Å². The van der Waals surface area contributed by atoms with E-state index in [1.165, 1.54) is 19.1 Å². The molecule has 0 aliphatic carbocycles. The minimum absolute atomic E-state index is 0.00195. The molecule has 0 radical (unpaired) electrons. The van der Waals surface area contributed by atoms with E-state index >= 15 is 0 Å². The number of benzene rings is 2. The number of hydrogen-bond acceptors (Lipinski definition) is 5. The van der Waals surface area contributed by atoms with Crippen molar-refractivity contribution in [3.8, 4) is 5.69 Å². The molecule has 30 heavy (non-hydrogen) atoms. The summed E-state index contributed by atoms with van der Waals surface area (Å²) in [5, 5.41) is 6.90. The number of hydrogen-bond donors (Lipinski definition) is 1. The van der Waals surface area contributed by atoms with Gasteiger partial charge < -0.3 is 0 Å². The van der Waals surface area contributed by atoms with Crippen molar-refractivity contribution in [1.82, 2.24) is 19.7 Å². The quantitative estimate of drug-likeness (QED) is 0.599. The normalized spacial score (nSPS) is 12.1. The Morgan fingerprint density at radius 2 is 1.83 bits per heavy atom. The lowest BCUT2D eigenvalue weighted by molar-refractivity contribution is -0.137. The van der Waals surface area contributed by atoms with Gasteiger partial charge in [0.15, 0.2) is 5.69 Å². The number of carbonyl (C=O) groups excluding carboxylic acids is 1. The molecule has 1 aromatic heterocycles. The zero-order valence-electron chi connectivity index (χ0n) is 14.9. The fraction of sp³-hybridized carbons (Fsp3) is 0.118. The van der Waals surface area contributed by atoms with Crippen LogP contribution in [0.5, 0.6) is 0 Å². The molecular weight excluding hydrogens is 452 g/mol. The van der Waals surface area contributed by atoms with Crippen LogP contribution in [0, 0.1) is 12.7 Å². The largest absolute Gasteiger partial charge is 0.416 e. The second-order valence-electron chi connectivity index (χ2n) is 5.96. The number of aromatic nitrogens is 3. The third-order valence-electron chi connectivity index (χ3n) is 3.97. The number of carbonyl (C=O) groups is 1. The van der Waals surface area contributed by atoms with Gasteiger partial charge in [-0.2, -0.15) is 13.2 Å². The molecule has 3 rings (SSSR count). The highest BCUT2D eigenvalue weighted by Gasteiger charge is 2.31. The summed E-state index contributed by atoms with van der Waals surface area (Å²) in [6.45, 7) is 1.33. The SMILES string of the molecule is Cc1c(C(=O)NS(=O)(=O)c2ccccc2F)nnn1-c1ccc(C(F)(F)F)cc1Cl. The summed E-state index contributed by atoms with van der Waals surface area (Å²) in [7, 11) is -4.54. The molecule has 0 saturated carbocycles. The highest BCUT2D eigenvalue weighted by atomic mass is 35.5. The van der Waals surface area contributed by atoms with Crippen molar-refractivity contribution in [3.63, 3.8) is 0 Å². The molecule has 0 unspecified atom stereocenters. The number of halogens is 5. The number of nitrogens with one attached hydrogen (secondary N) is 1. The molecular formula is C17H11ClF4N4O3S. The van der Waals surface area contributed by atoms with E-state index < -0.39 is 44.1 Å². The Labute approximate surface area is 172 Å². The Morgan fingerprint density at radius 3 is 2.43 bits per heavy atom. The molecule has 0 saturated heterocycles. The summed E-state index contributed by atoms with van der Waals surface area (Å²) in [5.74, 6) is -2.26. The van der Waals surface area contributed by atoms with Crippen LogP contribution in [-0.2, 0) is 16.2 Å². The third-order valence-corrected chi connectivity index (χ3v) is 5.63. The Balaban J connectivity index is 1.92. The molecule has 13 heteroatoms. The number of nitrogens with zero attached hydrogens (tertiary/aromatic N) is 3. The van der Waals surface area contributed by atoms with Crippen LogP contribution in [0.4, 0.5) is 17.6 Å². The van der Waals surface area contributed by atoms with Crippen LogP contribution in [0.25, 0.3) is 5.69 Å². The average molecular weight is 463 g/mol. The summed E-state index contributed by atoms with van der Waals surface area (Å²) in [6, 6.07) is 6.91. The Bertz CT molecular complexity index is 1240. The molecule has 0 spiro atoms. The second kappa shape index (κ2) is 7.69. The van der Waals surface area contributed by atoms with Gasteiger partial charge in [-0.25, -0.2) is 22.2 Å². The van der Waals surface area contributed by atoms with Crippen molar-refractivity contribution in [2.24, 2.45) is 0 Å². The smallest absolute Gasteiger partial charge is 0.266 e. The van der Waals surface area contributed by atoms with Gasteiger partial charge in [0.1, 0.15) is 10.7 Å². The first-order valence-electron chi connectivity index (χ1n) is 8.03. The van der Waals surface area contributed by atoms with Crippen LogP contribution >= 0.6 is 11.6 Å². The van der Waals surface area contributed by atoms with Gasteiger partial charge in [0.25, 0.3) is 15.9 Å². The Kier molecular flexibility index (Phi) is 5.56. The van der Waals surface area contributed by atoms with E-state index in [2.05, 4.69) is 10.3 Å². The van der Waals surface area contributed by atoms with Gasteiger partial charge in [-0.15, -0.1) is 5.10 Å². The zero-order chi connectivity index (χ0) is 22.3. The van der Waals surface area contributed by atoms with Crippen LogP contribution in [0.1, 0.15) is 21.7 Å². The van der Waals surface area contributed by atoms with Crippen LogP contribution in [-0.4, -0.2) is 29.3 Å². The van der Waals surface area contributed by atoms with Crippen molar-refractivity contribution in [2.45, 2.75) is 18.0 Å². The van der Waals surface area contributed by atoms with E-state index in [9.17, 15) is 30.8 Å². The van der Waals surface area contributed by atoms with Crippen LogP contribution in [0.15, 0.2) is 47.4 Å².